The second-order valence-corrected chi connectivity index (χ2v) is 15.7. The van der Waals surface area contributed by atoms with Gasteiger partial charge >= 0.3 is 0 Å². The van der Waals surface area contributed by atoms with Crippen molar-refractivity contribution in [1.29, 1.82) is 0 Å². The molecule has 0 aromatic heterocycles. The van der Waals surface area contributed by atoms with Gasteiger partial charge in [-0.05, 0) is 12.8 Å². The van der Waals surface area contributed by atoms with Crippen molar-refractivity contribution in [2.75, 3.05) is 0 Å². The Kier molecular flexibility index (Phi) is 4.21. The molecule has 0 saturated carbocycles. The Labute approximate surface area is 121 Å². The summed E-state index contributed by atoms with van der Waals surface area (Å²) in [7, 11) is -2.73. The van der Waals surface area contributed by atoms with E-state index in [1.807, 2.05) is 5.20 Å². The summed E-state index contributed by atoms with van der Waals surface area (Å²) in [4.78, 5) is 0. The van der Waals surface area contributed by atoms with Gasteiger partial charge in [-0.25, -0.2) is 0 Å². The van der Waals surface area contributed by atoms with Crippen LogP contribution in [0.2, 0.25) is 26.2 Å². The van der Waals surface area contributed by atoms with Gasteiger partial charge in [-0.3, -0.25) is 0 Å². The molecule has 1 aliphatic heterocycles. The first-order chi connectivity index (χ1) is 8.89. The van der Waals surface area contributed by atoms with Gasteiger partial charge in [0, 0.05) is 0 Å². The van der Waals surface area contributed by atoms with Crippen LogP contribution >= 0.6 is 0 Å². The maximum atomic E-state index is 2.73. The molecule has 0 atom stereocenters. The van der Waals surface area contributed by atoms with Crippen molar-refractivity contribution in [1.82, 2.24) is 0 Å². The smallest absolute Gasteiger partial charge is 0.0946 e. The summed E-state index contributed by atoms with van der Waals surface area (Å²) in [6.07, 6.45) is 5.43. The number of benzene rings is 1. The second kappa shape index (κ2) is 5.41. The first-order valence-electron chi connectivity index (χ1n) is 7.72. The molecule has 104 valence electrons. The predicted molar refractivity (Wildman–Crippen MR) is 92.9 cm³/mol. The average molecular weight is 289 g/mol. The number of fused-ring (bicyclic) bond motifs is 1. The van der Waals surface area contributed by atoms with E-state index in [0.29, 0.717) is 0 Å². The van der Waals surface area contributed by atoms with Crippen molar-refractivity contribution in [2.24, 2.45) is 0 Å². The van der Waals surface area contributed by atoms with E-state index in [2.05, 4.69) is 63.1 Å². The molecule has 0 amide bonds. The van der Waals surface area contributed by atoms with E-state index >= 15 is 0 Å². The molecule has 0 nitrogen and oxygen atoms in total. The molecule has 0 unspecified atom stereocenters. The Morgan fingerprint density at radius 2 is 1.53 bits per heavy atom. The zero-order valence-corrected chi connectivity index (χ0v) is 15.2. The predicted octanol–water partition coefficient (Wildman–Crippen LogP) is 4.12. The lowest BCUT2D eigenvalue weighted by molar-refractivity contribution is 0.723. The van der Waals surface area contributed by atoms with E-state index in [1.54, 1.807) is 10.4 Å². The van der Waals surface area contributed by atoms with E-state index in [9.17, 15) is 0 Å². The molecule has 0 fully saturated rings. The van der Waals surface area contributed by atoms with Crippen LogP contribution in [-0.4, -0.2) is 16.1 Å². The molecule has 1 aliphatic rings. The van der Waals surface area contributed by atoms with Crippen molar-refractivity contribution >= 4 is 26.5 Å². The molecule has 2 heteroatoms. The molecule has 1 heterocycles. The van der Waals surface area contributed by atoms with Gasteiger partial charge in [0.2, 0.25) is 0 Å². The maximum absolute atomic E-state index is 2.73. The van der Waals surface area contributed by atoms with E-state index in [1.165, 1.54) is 25.7 Å². The summed E-state index contributed by atoms with van der Waals surface area (Å²) in [5.41, 5.74) is 2.73. The van der Waals surface area contributed by atoms with E-state index in [0.717, 1.165) is 0 Å². The van der Waals surface area contributed by atoms with E-state index in [4.69, 9.17) is 0 Å². The number of allylic oxidation sites excluding steroid dienone is 1. The first-order valence-corrected chi connectivity index (χ1v) is 13.8. The second-order valence-electron chi connectivity index (χ2n) is 7.02. The van der Waals surface area contributed by atoms with Crippen LogP contribution in [0.1, 0.15) is 32.6 Å². The Bertz CT molecular complexity index is 484. The van der Waals surface area contributed by atoms with Gasteiger partial charge < -0.3 is 0 Å². The van der Waals surface area contributed by atoms with Crippen molar-refractivity contribution in [2.45, 2.75) is 58.8 Å². The summed E-state index contributed by atoms with van der Waals surface area (Å²) >= 11 is 0. The van der Waals surface area contributed by atoms with E-state index in [-0.39, 0.29) is 0 Å². The summed E-state index contributed by atoms with van der Waals surface area (Å²) in [6.45, 7) is 12.4. The third kappa shape index (κ3) is 2.80. The minimum atomic E-state index is -1.38. The lowest BCUT2D eigenvalue weighted by Crippen LogP contribution is -2.63. The zero-order valence-electron chi connectivity index (χ0n) is 13.2. The fourth-order valence-electron chi connectivity index (χ4n) is 3.41. The molecule has 1 aromatic carbocycles. The van der Waals surface area contributed by atoms with Crippen molar-refractivity contribution in [3.05, 3.63) is 35.2 Å². The molecule has 0 radical (unpaired) electrons. The fraction of sp³-hybridized carbons (Fsp3) is 0.529. The topological polar surface area (TPSA) is 0 Å². The molecule has 0 aliphatic carbocycles. The quantitative estimate of drug-likeness (QED) is 0.577. The van der Waals surface area contributed by atoms with Gasteiger partial charge in [0.05, 0.1) is 0 Å². The highest BCUT2D eigenvalue weighted by Gasteiger charge is 2.39. The fourth-order valence-corrected chi connectivity index (χ4v) is 12.7. The molecule has 0 spiro atoms. The minimum Gasteiger partial charge on any atom is -0.0946 e. The molecule has 0 N–H and O–H groups in total. The highest BCUT2D eigenvalue weighted by atomic mass is 28.3. The van der Waals surface area contributed by atoms with Gasteiger partial charge in [-0.2, -0.15) is 0 Å². The van der Waals surface area contributed by atoms with Gasteiger partial charge in [0.1, 0.15) is 16.1 Å². The maximum Gasteiger partial charge on any atom is 0.106 e. The van der Waals surface area contributed by atoms with Gasteiger partial charge in [0.15, 0.2) is 0 Å². The van der Waals surface area contributed by atoms with Crippen LogP contribution in [0.15, 0.2) is 35.2 Å². The van der Waals surface area contributed by atoms with Gasteiger partial charge in [0.25, 0.3) is 0 Å². The standard InChI is InChI=1S/C17H28Si2/c1-6-7-8-11-15-14-18(2,3)16-12-9-10-13-17(16)19(15,4)5/h9-10,12-14H,6-8,11H2,1-5H3. The number of rotatable bonds is 4. The van der Waals surface area contributed by atoms with Crippen LogP contribution in [0.25, 0.3) is 0 Å². The third-order valence-electron chi connectivity index (χ3n) is 4.68. The molecule has 0 saturated heterocycles. The summed E-state index contributed by atoms with van der Waals surface area (Å²) in [5, 5.41) is 5.25. The first kappa shape index (κ1) is 14.8. The highest BCUT2D eigenvalue weighted by molar-refractivity contribution is 7.08. The van der Waals surface area contributed by atoms with Crippen LogP contribution in [0.4, 0.5) is 0 Å². The Morgan fingerprint density at radius 3 is 2.16 bits per heavy atom. The number of unbranched alkanes of at least 4 members (excludes halogenated alkanes) is 2. The Balaban J connectivity index is 2.39. The summed E-state index contributed by atoms with van der Waals surface area (Å²) in [6, 6.07) is 9.29. The average Bonchev–Trinajstić information content (AvgIpc) is 2.36. The van der Waals surface area contributed by atoms with Crippen LogP contribution in [0.5, 0.6) is 0 Å². The molecule has 1 aromatic rings. The Hall–Kier alpha value is -0.606. The third-order valence-corrected chi connectivity index (χ3v) is 11.9. The van der Waals surface area contributed by atoms with Crippen LogP contribution in [-0.2, 0) is 0 Å². The largest absolute Gasteiger partial charge is 0.106 e. The zero-order chi connectivity index (χ0) is 14.1. The summed E-state index contributed by atoms with van der Waals surface area (Å²) in [5.74, 6) is 0. The molecule has 2 rings (SSSR count). The molecule has 19 heavy (non-hydrogen) atoms. The van der Waals surface area contributed by atoms with Crippen molar-refractivity contribution in [3.63, 3.8) is 0 Å². The van der Waals surface area contributed by atoms with Crippen molar-refractivity contribution in [3.8, 4) is 0 Å². The Morgan fingerprint density at radius 1 is 0.895 bits per heavy atom. The van der Waals surface area contributed by atoms with E-state index < -0.39 is 16.1 Å². The highest BCUT2D eigenvalue weighted by Crippen LogP contribution is 2.27. The lowest BCUT2D eigenvalue weighted by atomic mass is 10.2. The molecular weight excluding hydrogens is 260 g/mol. The van der Waals surface area contributed by atoms with Crippen molar-refractivity contribution < 1.29 is 0 Å². The summed E-state index contributed by atoms with van der Waals surface area (Å²) < 4.78 is 0. The normalized spacial score (nSPS) is 19.7. The number of hydrogen-bond acceptors (Lipinski definition) is 0. The molecular formula is C17H28Si2. The molecule has 0 bridgehead atoms. The monoisotopic (exact) mass is 288 g/mol. The van der Waals surface area contributed by atoms with Crippen LogP contribution in [0.3, 0.4) is 0 Å². The number of hydrogen-bond donors (Lipinski definition) is 0. The van der Waals surface area contributed by atoms with Crippen LogP contribution < -0.4 is 10.4 Å². The van der Waals surface area contributed by atoms with Gasteiger partial charge in [-0.1, -0.05) is 91.5 Å². The lowest BCUT2D eigenvalue weighted by Gasteiger charge is -2.39. The SMILES string of the molecule is CCCCCC1=C[Si](C)(C)c2ccccc2[Si]1(C)C. The minimum absolute atomic E-state index is 1.33. The van der Waals surface area contributed by atoms with Crippen LogP contribution in [0, 0.1) is 0 Å². The van der Waals surface area contributed by atoms with Gasteiger partial charge in [-0.15, -0.1) is 0 Å².